The van der Waals surface area contributed by atoms with Gasteiger partial charge in [0.2, 0.25) is 11.8 Å². The minimum absolute atomic E-state index is 0.212. The van der Waals surface area contributed by atoms with Gasteiger partial charge in [0.15, 0.2) is 0 Å². The van der Waals surface area contributed by atoms with Crippen LogP contribution in [-0.2, 0) is 21.4 Å². The van der Waals surface area contributed by atoms with Gasteiger partial charge in [-0.05, 0) is 55.7 Å². The molecule has 2 amide bonds. The van der Waals surface area contributed by atoms with Gasteiger partial charge in [-0.25, -0.2) is 4.79 Å². The highest BCUT2D eigenvalue weighted by Gasteiger charge is 2.32. The highest BCUT2D eigenvalue weighted by molar-refractivity contribution is 6.00. The second-order valence-electron chi connectivity index (χ2n) is 7.81. The molecule has 2 aromatic rings. The Morgan fingerprint density at radius 2 is 1.79 bits per heavy atom. The maximum absolute atomic E-state index is 12.8. The fourth-order valence-corrected chi connectivity index (χ4v) is 4.54. The Balaban J connectivity index is 1.67. The molecule has 1 saturated heterocycles. The van der Waals surface area contributed by atoms with E-state index in [2.05, 4.69) is 5.32 Å². The zero-order chi connectivity index (χ0) is 20.0. The first-order valence-electron chi connectivity index (χ1n) is 9.64. The number of aliphatic carboxylic acids is 1. The third-order valence-electron chi connectivity index (χ3n) is 6.18. The van der Waals surface area contributed by atoms with Crippen LogP contribution in [0.5, 0.6) is 0 Å². The first-order chi connectivity index (χ1) is 13.4. The lowest BCUT2D eigenvalue weighted by atomic mass is 9.78. The molecule has 148 valence electrons. The van der Waals surface area contributed by atoms with Crippen LogP contribution in [0, 0.1) is 5.92 Å². The van der Waals surface area contributed by atoms with E-state index in [0.717, 1.165) is 23.9 Å². The molecule has 0 bridgehead atoms. The van der Waals surface area contributed by atoms with Gasteiger partial charge in [0, 0.05) is 13.5 Å². The molecule has 1 aliphatic carbocycles. The van der Waals surface area contributed by atoms with Gasteiger partial charge in [-0.3, -0.25) is 28.8 Å². The maximum Gasteiger partial charge on any atom is 0.329 e. The van der Waals surface area contributed by atoms with Gasteiger partial charge in [-0.15, -0.1) is 0 Å². The number of carboxylic acids is 1. The topological polar surface area (TPSA) is 110 Å². The molecule has 1 unspecified atom stereocenters. The number of hydrogen-bond donors (Lipinski definition) is 2. The summed E-state index contributed by atoms with van der Waals surface area (Å²) in [4.78, 5) is 47.7. The summed E-state index contributed by atoms with van der Waals surface area (Å²) >= 11 is 0. The molecule has 2 fully saturated rings. The largest absolute Gasteiger partial charge is 0.481 e. The highest BCUT2D eigenvalue weighted by Crippen LogP contribution is 2.37. The van der Waals surface area contributed by atoms with Crippen LogP contribution >= 0.6 is 0 Å². The molecule has 1 aromatic carbocycles. The van der Waals surface area contributed by atoms with Crippen LogP contribution in [0.15, 0.2) is 23.0 Å². The molecule has 1 aromatic heterocycles. The van der Waals surface area contributed by atoms with Crippen molar-refractivity contribution in [2.45, 2.75) is 50.5 Å². The molecule has 28 heavy (non-hydrogen) atoms. The maximum atomic E-state index is 12.8. The summed E-state index contributed by atoms with van der Waals surface area (Å²) in [7, 11) is 1.68. The molecule has 8 nitrogen and oxygen atoms in total. The second-order valence-corrected chi connectivity index (χ2v) is 7.81. The predicted molar refractivity (Wildman–Crippen MR) is 101 cm³/mol. The number of imide groups is 1. The lowest BCUT2D eigenvalue weighted by Crippen LogP contribution is -2.44. The molecule has 2 heterocycles. The molecule has 4 rings (SSSR count). The average Bonchev–Trinajstić information content (AvgIpc) is 2.92. The summed E-state index contributed by atoms with van der Waals surface area (Å²) in [6.45, 7) is 0. The van der Waals surface area contributed by atoms with Gasteiger partial charge in [-0.1, -0.05) is 6.07 Å². The summed E-state index contributed by atoms with van der Waals surface area (Å²) in [5.41, 5.74) is 2.22. The Hall–Kier alpha value is -2.90. The summed E-state index contributed by atoms with van der Waals surface area (Å²) in [5, 5.41) is 11.5. The second kappa shape index (κ2) is 6.92. The van der Waals surface area contributed by atoms with Gasteiger partial charge in [0.25, 0.3) is 0 Å². The quantitative estimate of drug-likeness (QED) is 0.781. The van der Waals surface area contributed by atoms with E-state index in [1.165, 1.54) is 9.13 Å². The van der Waals surface area contributed by atoms with Crippen molar-refractivity contribution in [1.29, 1.82) is 0 Å². The van der Waals surface area contributed by atoms with Gasteiger partial charge >= 0.3 is 11.7 Å². The number of fused-ring (bicyclic) bond motifs is 1. The van der Waals surface area contributed by atoms with Crippen molar-refractivity contribution in [2.75, 3.05) is 0 Å². The number of imidazole rings is 1. The molecule has 1 saturated carbocycles. The first-order valence-corrected chi connectivity index (χ1v) is 9.64. The van der Waals surface area contributed by atoms with Crippen LogP contribution in [0.25, 0.3) is 11.0 Å². The zero-order valence-corrected chi connectivity index (χ0v) is 15.7. The standard InChI is InChI=1S/C20H23N3O5/c1-22-16-10-13(11-2-4-12(5-3-11)19(26)27)6-7-14(16)23(20(22)28)15-8-9-17(24)21-18(15)25/h6-7,10-12,15H,2-5,8-9H2,1H3,(H,26,27)(H,21,24,25)/t11-,12+,15?. The van der Waals surface area contributed by atoms with Crippen LogP contribution in [0.4, 0.5) is 0 Å². The van der Waals surface area contributed by atoms with E-state index in [1.807, 2.05) is 18.2 Å². The Labute approximate surface area is 161 Å². The van der Waals surface area contributed by atoms with E-state index in [-0.39, 0.29) is 29.9 Å². The smallest absolute Gasteiger partial charge is 0.329 e. The van der Waals surface area contributed by atoms with Crippen molar-refractivity contribution in [3.8, 4) is 0 Å². The number of benzene rings is 1. The number of hydrogen-bond acceptors (Lipinski definition) is 4. The fraction of sp³-hybridized carbons (Fsp3) is 0.500. The molecule has 1 aliphatic heterocycles. The predicted octanol–water partition coefficient (Wildman–Crippen LogP) is 1.68. The number of carbonyl (C=O) groups is 3. The summed E-state index contributed by atoms with van der Waals surface area (Å²) < 4.78 is 3.01. The van der Waals surface area contributed by atoms with Crippen molar-refractivity contribution < 1.29 is 19.5 Å². The lowest BCUT2D eigenvalue weighted by molar-refractivity contribution is -0.143. The summed E-state index contributed by atoms with van der Waals surface area (Å²) in [6.07, 6.45) is 3.46. The fourth-order valence-electron chi connectivity index (χ4n) is 4.54. The van der Waals surface area contributed by atoms with E-state index >= 15 is 0 Å². The van der Waals surface area contributed by atoms with Gasteiger partial charge in [0.05, 0.1) is 17.0 Å². The molecule has 2 aliphatic rings. The highest BCUT2D eigenvalue weighted by atomic mass is 16.4. The van der Waals surface area contributed by atoms with Gasteiger partial charge in [-0.2, -0.15) is 0 Å². The summed E-state index contributed by atoms with van der Waals surface area (Å²) in [5.74, 6) is -1.47. The molecule has 0 spiro atoms. The monoisotopic (exact) mass is 385 g/mol. The number of piperidine rings is 1. The Bertz CT molecular complexity index is 1030. The Morgan fingerprint density at radius 3 is 2.43 bits per heavy atom. The van der Waals surface area contributed by atoms with Crippen molar-refractivity contribution in [3.63, 3.8) is 0 Å². The van der Waals surface area contributed by atoms with Crippen LogP contribution in [0.2, 0.25) is 0 Å². The van der Waals surface area contributed by atoms with E-state index in [9.17, 15) is 24.3 Å². The molecular weight excluding hydrogens is 362 g/mol. The number of nitrogens with zero attached hydrogens (tertiary/aromatic N) is 2. The number of rotatable bonds is 3. The van der Waals surface area contributed by atoms with Gasteiger partial charge in [0.1, 0.15) is 6.04 Å². The zero-order valence-electron chi connectivity index (χ0n) is 15.7. The normalized spacial score (nSPS) is 25.7. The number of aromatic nitrogens is 2. The molecule has 2 N–H and O–H groups in total. The van der Waals surface area contributed by atoms with Gasteiger partial charge < -0.3 is 5.11 Å². The number of carboxylic acid groups (broad SMARTS) is 1. The summed E-state index contributed by atoms with van der Waals surface area (Å²) in [6, 6.07) is 5.12. The van der Waals surface area contributed by atoms with Crippen LogP contribution in [0.1, 0.15) is 56.0 Å². The lowest BCUT2D eigenvalue weighted by Gasteiger charge is -2.26. The Kier molecular flexibility index (Phi) is 4.56. The minimum Gasteiger partial charge on any atom is -0.481 e. The first kappa shape index (κ1) is 18.5. The number of nitrogens with one attached hydrogen (secondary N) is 1. The Morgan fingerprint density at radius 1 is 1.07 bits per heavy atom. The van der Waals surface area contributed by atoms with E-state index in [1.54, 1.807) is 7.05 Å². The number of aryl methyl sites for hydroxylation is 1. The third kappa shape index (κ3) is 3.02. The molecule has 0 radical (unpaired) electrons. The van der Waals surface area contributed by atoms with E-state index in [4.69, 9.17) is 0 Å². The van der Waals surface area contributed by atoms with Crippen molar-refractivity contribution in [2.24, 2.45) is 13.0 Å². The van der Waals surface area contributed by atoms with Crippen molar-refractivity contribution in [1.82, 2.24) is 14.5 Å². The average molecular weight is 385 g/mol. The SMILES string of the molecule is Cn1c(=O)n(C2CCC(=O)NC2=O)c2ccc([C@H]3CC[C@@H](C(=O)O)CC3)cc21. The van der Waals surface area contributed by atoms with E-state index in [0.29, 0.717) is 24.8 Å². The number of carbonyl (C=O) groups excluding carboxylic acids is 2. The van der Waals surface area contributed by atoms with Crippen molar-refractivity contribution >= 4 is 28.8 Å². The van der Waals surface area contributed by atoms with Crippen LogP contribution in [0.3, 0.4) is 0 Å². The van der Waals surface area contributed by atoms with E-state index < -0.39 is 17.9 Å². The number of amides is 2. The molecule has 8 heteroatoms. The third-order valence-corrected chi connectivity index (χ3v) is 6.18. The van der Waals surface area contributed by atoms with Crippen LogP contribution < -0.4 is 11.0 Å². The minimum atomic E-state index is -0.724. The molecule has 1 atom stereocenters. The molecular formula is C20H23N3O5. The van der Waals surface area contributed by atoms with Crippen LogP contribution in [-0.4, -0.2) is 32.0 Å². The van der Waals surface area contributed by atoms with Crippen molar-refractivity contribution in [3.05, 3.63) is 34.2 Å².